The monoisotopic (exact) mass is 321 g/mol. The Balaban J connectivity index is 2.41. The molecule has 0 aliphatic heterocycles. The minimum absolute atomic E-state index is 0.276. The molecule has 0 aliphatic carbocycles. The highest BCUT2D eigenvalue weighted by atomic mass is 35.5. The SMILES string of the molecule is Cc1cc(C)c(S(=O)(=O)/N=C/c2ccc(Cl)cc2)c(C)c1. The van der Waals surface area contributed by atoms with Gasteiger partial charge in [-0.3, -0.25) is 0 Å². The molecule has 21 heavy (non-hydrogen) atoms. The van der Waals surface area contributed by atoms with Crippen molar-refractivity contribution in [1.82, 2.24) is 0 Å². The highest BCUT2D eigenvalue weighted by Gasteiger charge is 2.18. The van der Waals surface area contributed by atoms with E-state index in [0.717, 1.165) is 5.56 Å². The number of sulfonamides is 1. The van der Waals surface area contributed by atoms with Gasteiger partial charge in [0.25, 0.3) is 10.0 Å². The first kappa shape index (κ1) is 15.7. The van der Waals surface area contributed by atoms with Crippen molar-refractivity contribution in [2.45, 2.75) is 25.7 Å². The normalized spacial score (nSPS) is 12.0. The molecule has 110 valence electrons. The summed E-state index contributed by atoms with van der Waals surface area (Å²) in [5.74, 6) is 0. The van der Waals surface area contributed by atoms with E-state index in [2.05, 4.69) is 4.40 Å². The molecule has 0 saturated carbocycles. The van der Waals surface area contributed by atoms with E-state index in [9.17, 15) is 8.42 Å². The van der Waals surface area contributed by atoms with Gasteiger partial charge in [-0.15, -0.1) is 0 Å². The molecule has 0 aliphatic rings. The fraction of sp³-hybridized carbons (Fsp3) is 0.188. The Morgan fingerprint density at radius 1 is 1.00 bits per heavy atom. The van der Waals surface area contributed by atoms with E-state index < -0.39 is 10.0 Å². The zero-order valence-corrected chi connectivity index (χ0v) is 13.7. The van der Waals surface area contributed by atoms with Gasteiger partial charge in [-0.25, -0.2) is 0 Å². The Labute approximate surface area is 130 Å². The third kappa shape index (κ3) is 3.71. The maximum Gasteiger partial charge on any atom is 0.282 e. The van der Waals surface area contributed by atoms with Gasteiger partial charge in [-0.2, -0.15) is 12.8 Å². The van der Waals surface area contributed by atoms with Crippen molar-refractivity contribution >= 4 is 27.8 Å². The predicted octanol–water partition coefficient (Wildman–Crippen LogP) is 4.07. The van der Waals surface area contributed by atoms with Crippen LogP contribution in [-0.2, 0) is 10.0 Å². The maximum absolute atomic E-state index is 12.4. The Kier molecular flexibility index (Phi) is 4.49. The Morgan fingerprint density at radius 2 is 1.52 bits per heavy atom. The number of aryl methyl sites for hydroxylation is 3. The van der Waals surface area contributed by atoms with Crippen molar-refractivity contribution < 1.29 is 8.42 Å². The average Bonchev–Trinajstić information content (AvgIpc) is 2.36. The van der Waals surface area contributed by atoms with Crippen LogP contribution in [0.5, 0.6) is 0 Å². The maximum atomic E-state index is 12.4. The van der Waals surface area contributed by atoms with Crippen molar-refractivity contribution in [1.29, 1.82) is 0 Å². The molecule has 2 aromatic carbocycles. The standard InChI is InChI=1S/C16H16ClNO2S/c1-11-8-12(2)16(13(3)9-11)21(19,20)18-10-14-4-6-15(17)7-5-14/h4-10H,1-3H3/b18-10+. The van der Waals surface area contributed by atoms with Crippen LogP contribution in [0.3, 0.4) is 0 Å². The summed E-state index contributed by atoms with van der Waals surface area (Å²) >= 11 is 5.79. The van der Waals surface area contributed by atoms with Crippen molar-refractivity contribution in [3.8, 4) is 0 Å². The summed E-state index contributed by atoms with van der Waals surface area (Å²) in [7, 11) is -3.71. The first-order valence-electron chi connectivity index (χ1n) is 6.43. The summed E-state index contributed by atoms with van der Waals surface area (Å²) in [5.41, 5.74) is 3.14. The Bertz CT molecular complexity index is 771. The van der Waals surface area contributed by atoms with Gasteiger partial charge < -0.3 is 0 Å². The van der Waals surface area contributed by atoms with Crippen LogP contribution in [0.2, 0.25) is 5.02 Å². The first-order chi connectivity index (χ1) is 9.79. The first-order valence-corrected chi connectivity index (χ1v) is 8.25. The van der Waals surface area contributed by atoms with Gasteiger partial charge in [-0.1, -0.05) is 41.4 Å². The molecule has 2 aromatic rings. The van der Waals surface area contributed by atoms with Crippen molar-refractivity contribution in [2.75, 3.05) is 0 Å². The highest BCUT2D eigenvalue weighted by molar-refractivity contribution is 7.90. The summed E-state index contributed by atoms with van der Waals surface area (Å²) in [6.45, 7) is 5.50. The molecular formula is C16H16ClNO2S. The number of rotatable bonds is 3. The summed E-state index contributed by atoms with van der Waals surface area (Å²) < 4.78 is 28.6. The van der Waals surface area contributed by atoms with E-state index >= 15 is 0 Å². The lowest BCUT2D eigenvalue weighted by Crippen LogP contribution is -2.04. The molecule has 2 rings (SSSR count). The van der Waals surface area contributed by atoms with Gasteiger partial charge in [0.2, 0.25) is 0 Å². The summed E-state index contributed by atoms with van der Waals surface area (Å²) in [6.07, 6.45) is 1.34. The molecule has 0 radical (unpaired) electrons. The van der Waals surface area contributed by atoms with E-state index in [1.807, 2.05) is 19.1 Å². The Hall–Kier alpha value is -1.65. The summed E-state index contributed by atoms with van der Waals surface area (Å²) in [5, 5.41) is 0.597. The molecule has 3 nitrogen and oxygen atoms in total. The number of hydrogen-bond acceptors (Lipinski definition) is 2. The van der Waals surface area contributed by atoms with Crippen LogP contribution in [0, 0.1) is 20.8 Å². The van der Waals surface area contributed by atoms with Crippen molar-refractivity contribution in [3.05, 3.63) is 63.7 Å². The number of halogens is 1. The van der Waals surface area contributed by atoms with E-state index in [0.29, 0.717) is 21.7 Å². The third-order valence-electron chi connectivity index (χ3n) is 3.07. The van der Waals surface area contributed by atoms with Crippen molar-refractivity contribution in [3.63, 3.8) is 0 Å². The summed E-state index contributed by atoms with van der Waals surface area (Å²) in [6, 6.07) is 10.5. The largest absolute Gasteiger partial charge is 0.282 e. The van der Waals surface area contributed by atoms with Crippen LogP contribution in [0.1, 0.15) is 22.3 Å². The van der Waals surface area contributed by atoms with Crippen LogP contribution < -0.4 is 0 Å². The third-order valence-corrected chi connectivity index (χ3v) is 4.87. The van der Waals surface area contributed by atoms with Crippen LogP contribution in [0.15, 0.2) is 45.7 Å². The molecular weight excluding hydrogens is 306 g/mol. The molecule has 0 aromatic heterocycles. The van der Waals surface area contributed by atoms with Crippen LogP contribution in [-0.4, -0.2) is 14.6 Å². The predicted molar refractivity (Wildman–Crippen MR) is 86.9 cm³/mol. The van der Waals surface area contributed by atoms with Gasteiger partial charge >= 0.3 is 0 Å². The second-order valence-corrected chi connectivity index (χ2v) is 6.99. The van der Waals surface area contributed by atoms with Gasteiger partial charge in [-0.05, 0) is 49.6 Å². The minimum Gasteiger partial charge on any atom is -0.199 e. The number of hydrogen-bond donors (Lipinski definition) is 0. The van der Waals surface area contributed by atoms with Crippen molar-refractivity contribution in [2.24, 2.45) is 4.40 Å². The zero-order chi connectivity index (χ0) is 15.6. The molecule has 0 N–H and O–H groups in total. The molecule has 0 amide bonds. The van der Waals surface area contributed by atoms with E-state index in [1.165, 1.54) is 6.21 Å². The second-order valence-electron chi connectivity index (χ2n) is 4.99. The van der Waals surface area contributed by atoms with Crippen LogP contribution >= 0.6 is 11.6 Å². The van der Waals surface area contributed by atoms with Crippen LogP contribution in [0.4, 0.5) is 0 Å². The molecule has 0 saturated heterocycles. The molecule has 0 bridgehead atoms. The van der Waals surface area contributed by atoms with Gasteiger partial charge in [0, 0.05) is 11.2 Å². The van der Waals surface area contributed by atoms with E-state index in [1.54, 1.807) is 38.1 Å². The minimum atomic E-state index is -3.71. The van der Waals surface area contributed by atoms with E-state index in [-0.39, 0.29) is 4.90 Å². The molecule has 0 fully saturated rings. The average molecular weight is 322 g/mol. The lowest BCUT2D eigenvalue weighted by molar-refractivity contribution is 0.597. The quantitative estimate of drug-likeness (QED) is 0.800. The smallest absolute Gasteiger partial charge is 0.199 e. The summed E-state index contributed by atoms with van der Waals surface area (Å²) in [4.78, 5) is 0.276. The topological polar surface area (TPSA) is 46.5 Å². The number of benzene rings is 2. The molecule has 0 spiro atoms. The second kappa shape index (κ2) is 6.00. The van der Waals surface area contributed by atoms with Crippen LogP contribution in [0.25, 0.3) is 0 Å². The number of nitrogens with zero attached hydrogens (tertiary/aromatic N) is 1. The lowest BCUT2D eigenvalue weighted by atomic mass is 10.1. The highest BCUT2D eigenvalue weighted by Crippen LogP contribution is 2.23. The fourth-order valence-corrected chi connectivity index (χ4v) is 3.73. The van der Waals surface area contributed by atoms with Gasteiger partial charge in [0.15, 0.2) is 0 Å². The van der Waals surface area contributed by atoms with Gasteiger partial charge in [0.05, 0.1) is 4.90 Å². The molecule has 5 heteroatoms. The van der Waals surface area contributed by atoms with E-state index in [4.69, 9.17) is 11.6 Å². The zero-order valence-electron chi connectivity index (χ0n) is 12.1. The fourth-order valence-electron chi connectivity index (χ4n) is 2.31. The molecule has 0 atom stereocenters. The lowest BCUT2D eigenvalue weighted by Gasteiger charge is -2.08. The Morgan fingerprint density at radius 3 is 2.05 bits per heavy atom. The molecule has 0 unspecified atom stereocenters. The molecule has 0 heterocycles. The van der Waals surface area contributed by atoms with Gasteiger partial charge in [0.1, 0.15) is 0 Å².